The number of carbonyl (C=O) groups is 3. The van der Waals surface area contributed by atoms with E-state index >= 15 is 0 Å². The number of benzene rings is 1. The molecular weight excluding hydrogens is 504 g/mol. The van der Waals surface area contributed by atoms with Gasteiger partial charge in [0.05, 0.1) is 38.6 Å². The molecule has 36 heavy (non-hydrogen) atoms. The minimum Gasteiger partial charge on any atom is -0.478 e. The van der Waals surface area contributed by atoms with E-state index in [1.54, 1.807) is 11.8 Å². The molecular formula is C24H28N4O6S2. The maximum absolute atomic E-state index is 13.5. The third-order valence-corrected chi connectivity index (χ3v) is 9.32. The lowest BCUT2D eigenvalue weighted by molar-refractivity contribution is -0.136. The summed E-state index contributed by atoms with van der Waals surface area (Å²) in [7, 11) is -3.95. The van der Waals surface area contributed by atoms with Crippen LogP contribution in [0.25, 0.3) is 0 Å². The summed E-state index contributed by atoms with van der Waals surface area (Å²) in [6.45, 7) is 6.86. The van der Waals surface area contributed by atoms with E-state index in [0.29, 0.717) is 30.8 Å². The van der Waals surface area contributed by atoms with Crippen LogP contribution in [0.3, 0.4) is 0 Å². The topological polar surface area (TPSA) is 148 Å². The zero-order valence-corrected chi connectivity index (χ0v) is 21.9. The fraction of sp³-hybridized carbons (Fsp3) is 0.417. The standard InChI is InChI=1S/C24H28N4O6S2/c1-4-27(5-2)23(30)17-7-6-10-28(14-17)36(33,34)21-12-20(35-15(21)3)22(29)26-19-9-8-16(13-25)11-18(19)24(31)32/h8-9,11-12,17H,4-7,10,14H2,1-3H3,(H,26,29)(H,31,32). The maximum atomic E-state index is 13.5. The van der Waals surface area contributed by atoms with Gasteiger partial charge in [0.15, 0.2) is 0 Å². The summed E-state index contributed by atoms with van der Waals surface area (Å²) >= 11 is 0.981. The van der Waals surface area contributed by atoms with E-state index in [0.717, 1.165) is 17.4 Å². The number of nitrogens with one attached hydrogen (secondary N) is 1. The quantitative estimate of drug-likeness (QED) is 0.531. The Morgan fingerprint density at radius 3 is 2.56 bits per heavy atom. The van der Waals surface area contributed by atoms with Crippen molar-refractivity contribution < 1.29 is 27.9 Å². The molecule has 1 aliphatic rings. The second-order valence-electron chi connectivity index (χ2n) is 8.38. The van der Waals surface area contributed by atoms with Gasteiger partial charge in [-0.1, -0.05) is 0 Å². The van der Waals surface area contributed by atoms with E-state index in [4.69, 9.17) is 5.26 Å². The molecule has 1 aromatic heterocycles. The second-order valence-corrected chi connectivity index (χ2v) is 11.5. The molecule has 0 aliphatic carbocycles. The lowest BCUT2D eigenvalue weighted by atomic mass is 9.98. The molecule has 0 bridgehead atoms. The van der Waals surface area contributed by atoms with E-state index in [-0.39, 0.29) is 45.6 Å². The number of anilines is 1. The van der Waals surface area contributed by atoms with Gasteiger partial charge < -0.3 is 15.3 Å². The number of amides is 2. The Morgan fingerprint density at radius 2 is 1.94 bits per heavy atom. The van der Waals surface area contributed by atoms with Gasteiger partial charge in [0.1, 0.15) is 0 Å². The highest BCUT2D eigenvalue weighted by molar-refractivity contribution is 7.89. The van der Waals surface area contributed by atoms with Crippen molar-refractivity contribution in [1.29, 1.82) is 5.26 Å². The van der Waals surface area contributed by atoms with Gasteiger partial charge in [0.2, 0.25) is 15.9 Å². The van der Waals surface area contributed by atoms with Gasteiger partial charge in [-0.05, 0) is 57.9 Å². The zero-order valence-electron chi connectivity index (χ0n) is 20.3. The molecule has 2 aromatic rings. The first kappa shape index (κ1) is 27.3. The molecule has 10 nitrogen and oxygen atoms in total. The number of hydrogen-bond donors (Lipinski definition) is 2. The minimum absolute atomic E-state index is 0.00394. The molecule has 2 N–H and O–H groups in total. The summed E-state index contributed by atoms with van der Waals surface area (Å²) in [5.74, 6) is -2.45. The SMILES string of the molecule is CCN(CC)C(=O)C1CCCN(S(=O)(=O)c2cc(C(=O)Nc3ccc(C#N)cc3C(=O)O)sc2C)C1. The molecule has 192 valence electrons. The van der Waals surface area contributed by atoms with Gasteiger partial charge in [-0.2, -0.15) is 9.57 Å². The van der Waals surface area contributed by atoms with Crippen molar-refractivity contribution in [3.8, 4) is 6.07 Å². The first-order valence-electron chi connectivity index (χ1n) is 11.5. The van der Waals surface area contributed by atoms with Crippen LogP contribution in [0.4, 0.5) is 5.69 Å². The predicted octanol–water partition coefficient (Wildman–Crippen LogP) is 3.15. The van der Waals surface area contributed by atoms with Gasteiger partial charge >= 0.3 is 5.97 Å². The number of aryl methyl sites for hydroxylation is 1. The van der Waals surface area contributed by atoms with Gasteiger partial charge in [-0.15, -0.1) is 11.3 Å². The number of sulfonamides is 1. The number of thiophene rings is 1. The summed E-state index contributed by atoms with van der Waals surface area (Å²) in [5.41, 5.74) is -0.124. The van der Waals surface area contributed by atoms with Gasteiger partial charge in [0, 0.05) is 31.1 Å². The second kappa shape index (κ2) is 11.2. The van der Waals surface area contributed by atoms with Gasteiger partial charge in [-0.25, -0.2) is 13.2 Å². The highest BCUT2D eigenvalue weighted by Crippen LogP contribution is 2.32. The van der Waals surface area contributed by atoms with Crippen LogP contribution >= 0.6 is 11.3 Å². The third-order valence-electron chi connectivity index (χ3n) is 6.15. The fourth-order valence-corrected chi connectivity index (χ4v) is 7.19. The average molecular weight is 533 g/mol. The largest absolute Gasteiger partial charge is 0.478 e. The van der Waals surface area contributed by atoms with Gasteiger partial charge in [-0.3, -0.25) is 9.59 Å². The average Bonchev–Trinajstić information content (AvgIpc) is 3.27. The Kier molecular flexibility index (Phi) is 8.50. The smallest absolute Gasteiger partial charge is 0.337 e. The van der Waals surface area contributed by atoms with Crippen molar-refractivity contribution in [2.45, 2.75) is 38.5 Å². The number of nitriles is 1. The molecule has 1 fully saturated rings. The number of carboxylic acid groups (broad SMARTS) is 1. The van der Waals surface area contributed by atoms with Crippen LogP contribution in [0.5, 0.6) is 0 Å². The number of hydrogen-bond acceptors (Lipinski definition) is 7. The van der Waals surface area contributed by atoms with E-state index in [2.05, 4.69) is 5.32 Å². The first-order valence-corrected chi connectivity index (χ1v) is 13.8. The number of nitrogens with zero attached hydrogens (tertiary/aromatic N) is 3. The third kappa shape index (κ3) is 5.59. The molecule has 2 amide bonds. The number of carboxylic acids is 1. The van der Waals surface area contributed by atoms with Crippen LogP contribution in [-0.2, 0) is 14.8 Å². The molecule has 1 saturated heterocycles. The highest BCUT2D eigenvalue weighted by atomic mass is 32.2. The fourth-order valence-electron chi connectivity index (χ4n) is 4.21. The molecule has 0 saturated carbocycles. The van der Waals surface area contributed by atoms with E-state index in [1.807, 2.05) is 19.9 Å². The first-order chi connectivity index (χ1) is 17.0. The molecule has 0 spiro atoms. The van der Waals surface area contributed by atoms with E-state index < -0.39 is 27.8 Å². The van der Waals surface area contributed by atoms with Crippen LogP contribution in [0.2, 0.25) is 0 Å². The summed E-state index contributed by atoms with van der Waals surface area (Å²) in [4.78, 5) is 39.5. The molecule has 12 heteroatoms. The summed E-state index contributed by atoms with van der Waals surface area (Å²) in [6.07, 6.45) is 1.18. The van der Waals surface area contributed by atoms with Crippen LogP contribution in [-0.4, -0.2) is 66.7 Å². The Morgan fingerprint density at radius 1 is 1.25 bits per heavy atom. The molecule has 1 atom stereocenters. The normalized spacial score (nSPS) is 16.2. The lowest BCUT2D eigenvalue weighted by Crippen LogP contribution is -2.46. The molecule has 1 aliphatic heterocycles. The van der Waals surface area contributed by atoms with Crippen molar-refractivity contribution in [1.82, 2.24) is 9.21 Å². The van der Waals surface area contributed by atoms with Crippen LogP contribution in [0, 0.1) is 24.2 Å². The molecule has 2 heterocycles. The minimum atomic E-state index is -3.95. The number of piperidine rings is 1. The Labute approximate surface area is 214 Å². The molecule has 0 radical (unpaired) electrons. The van der Waals surface area contributed by atoms with Crippen molar-refractivity contribution in [2.24, 2.45) is 5.92 Å². The number of aromatic carboxylic acids is 1. The van der Waals surface area contributed by atoms with Crippen LogP contribution < -0.4 is 5.32 Å². The molecule has 1 aromatic carbocycles. The highest BCUT2D eigenvalue weighted by Gasteiger charge is 2.36. The monoisotopic (exact) mass is 532 g/mol. The van der Waals surface area contributed by atoms with Crippen molar-refractivity contribution >= 4 is 44.8 Å². The lowest BCUT2D eigenvalue weighted by Gasteiger charge is -2.33. The van der Waals surface area contributed by atoms with E-state index in [1.165, 1.54) is 22.5 Å². The van der Waals surface area contributed by atoms with Crippen molar-refractivity contribution in [3.05, 3.63) is 45.1 Å². The Balaban J connectivity index is 1.83. The summed E-state index contributed by atoms with van der Waals surface area (Å²) in [5, 5.41) is 20.9. The predicted molar refractivity (Wildman–Crippen MR) is 135 cm³/mol. The van der Waals surface area contributed by atoms with Crippen LogP contribution in [0.15, 0.2) is 29.2 Å². The maximum Gasteiger partial charge on any atom is 0.337 e. The number of rotatable bonds is 8. The Hall–Kier alpha value is -3.27. The van der Waals surface area contributed by atoms with Crippen LogP contribution in [0.1, 0.15) is 57.2 Å². The van der Waals surface area contributed by atoms with Gasteiger partial charge in [0.25, 0.3) is 5.91 Å². The Bertz CT molecular complexity index is 1320. The summed E-state index contributed by atoms with van der Waals surface area (Å²) < 4.78 is 28.2. The zero-order chi connectivity index (χ0) is 26.6. The summed E-state index contributed by atoms with van der Waals surface area (Å²) in [6, 6.07) is 6.98. The molecule has 3 rings (SSSR count). The van der Waals surface area contributed by atoms with E-state index in [9.17, 15) is 27.9 Å². The molecule has 1 unspecified atom stereocenters. The van der Waals surface area contributed by atoms with Crippen molar-refractivity contribution in [2.75, 3.05) is 31.5 Å². The van der Waals surface area contributed by atoms with Crippen molar-refractivity contribution in [3.63, 3.8) is 0 Å². The number of carbonyl (C=O) groups excluding carboxylic acids is 2.